The van der Waals surface area contributed by atoms with Crippen LogP contribution in [0.5, 0.6) is 0 Å². The first-order chi connectivity index (χ1) is 19.3. The van der Waals surface area contributed by atoms with Gasteiger partial charge in [-0.05, 0) is 41.8 Å². The molecule has 1 aliphatic heterocycles. The molecule has 0 bridgehead atoms. The predicted octanol–water partition coefficient (Wildman–Crippen LogP) is 5.23. The van der Waals surface area contributed by atoms with Gasteiger partial charge >= 0.3 is 11.9 Å². The molecule has 2 aliphatic rings. The number of ketones is 1. The molecule has 2 N–H and O–H groups in total. The highest BCUT2D eigenvalue weighted by atomic mass is 35.5. The lowest BCUT2D eigenvalue weighted by Gasteiger charge is -2.44. The van der Waals surface area contributed by atoms with E-state index in [0.717, 1.165) is 5.56 Å². The van der Waals surface area contributed by atoms with Crippen LogP contribution in [0.15, 0.2) is 102 Å². The number of Topliss-reactive ketones (excluding diaryl/α,β-unsaturated/α-hetero) is 1. The summed E-state index contributed by atoms with van der Waals surface area (Å²) in [5.41, 5.74) is 8.40. The van der Waals surface area contributed by atoms with E-state index in [0.29, 0.717) is 16.3 Å². The highest BCUT2D eigenvalue weighted by Gasteiger charge is 2.51. The molecule has 0 radical (unpaired) electrons. The van der Waals surface area contributed by atoms with E-state index >= 15 is 4.39 Å². The maximum atomic E-state index is 15.3. The van der Waals surface area contributed by atoms with Crippen molar-refractivity contribution >= 4 is 35.0 Å². The molecule has 1 heterocycles. The number of carbonyl (C=O) groups is 3. The second kappa shape index (κ2) is 11.0. The monoisotopic (exact) mass is 560 g/mol. The van der Waals surface area contributed by atoms with Gasteiger partial charge in [-0.15, -0.1) is 0 Å². The van der Waals surface area contributed by atoms with Gasteiger partial charge in [0.05, 0.1) is 31.4 Å². The molecule has 0 spiro atoms. The fraction of sp³-hybridized carbons (Fsp3) is 0.194. The summed E-state index contributed by atoms with van der Waals surface area (Å²) in [5.74, 6) is -5.64. The number of para-hydroxylation sites is 1. The number of hydrogen-bond donors (Lipinski definition) is 1. The molecule has 7 nitrogen and oxygen atoms in total. The average molecular weight is 561 g/mol. The highest BCUT2D eigenvalue weighted by Crippen LogP contribution is 2.51. The predicted molar refractivity (Wildman–Crippen MR) is 148 cm³/mol. The van der Waals surface area contributed by atoms with Gasteiger partial charge in [0.2, 0.25) is 0 Å². The number of halogens is 2. The number of anilines is 1. The first kappa shape index (κ1) is 27.1. The number of esters is 2. The topological polar surface area (TPSA) is 98.9 Å². The Kier molecular flexibility index (Phi) is 7.45. The Labute approximate surface area is 235 Å². The Bertz CT molecular complexity index is 1570. The maximum absolute atomic E-state index is 15.3. The number of allylic oxidation sites excluding steroid dienone is 2. The minimum atomic E-state index is -1.21. The van der Waals surface area contributed by atoms with Gasteiger partial charge in [0.15, 0.2) is 5.78 Å². The van der Waals surface area contributed by atoms with Crippen LogP contribution in [0.4, 0.5) is 10.1 Å². The SMILES string of the molecule is COC(=O)C1=C(N)N(c2ccccc2F)C2=C(C(=O)C(C(=O)OC)C(c3ccccc3)C2)C1c1cccc(Cl)c1. The lowest BCUT2D eigenvalue weighted by atomic mass is 9.67. The molecule has 9 heteroatoms. The summed E-state index contributed by atoms with van der Waals surface area (Å²) < 4.78 is 25.5. The third-order valence-corrected chi connectivity index (χ3v) is 7.64. The fourth-order valence-electron chi connectivity index (χ4n) is 5.68. The number of rotatable bonds is 5. The molecule has 0 saturated carbocycles. The number of hydrogen-bond acceptors (Lipinski definition) is 7. The molecule has 204 valence electrons. The van der Waals surface area contributed by atoms with Gasteiger partial charge in [-0.2, -0.15) is 0 Å². The molecule has 1 aliphatic carbocycles. The zero-order chi connectivity index (χ0) is 28.6. The van der Waals surface area contributed by atoms with Gasteiger partial charge in [0.25, 0.3) is 0 Å². The second-order valence-corrected chi connectivity index (χ2v) is 9.95. The summed E-state index contributed by atoms with van der Waals surface area (Å²) in [6.07, 6.45) is 0.130. The van der Waals surface area contributed by atoms with Gasteiger partial charge in [0.1, 0.15) is 17.6 Å². The van der Waals surface area contributed by atoms with Crippen molar-refractivity contribution in [1.29, 1.82) is 0 Å². The second-order valence-electron chi connectivity index (χ2n) is 9.51. The largest absolute Gasteiger partial charge is 0.468 e. The molecule has 40 heavy (non-hydrogen) atoms. The lowest BCUT2D eigenvalue weighted by molar-refractivity contribution is -0.150. The van der Waals surface area contributed by atoms with Crippen LogP contribution >= 0.6 is 11.6 Å². The van der Waals surface area contributed by atoms with Crippen molar-refractivity contribution in [2.45, 2.75) is 18.3 Å². The Morgan fingerprint density at radius 3 is 2.27 bits per heavy atom. The van der Waals surface area contributed by atoms with Crippen LogP contribution < -0.4 is 10.6 Å². The van der Waals surface area contributed by atoms with Crippen LogP contribution in [0.1, 0.15) is 29.4 Å². The normalized spacial score (nSPS) is 20.8. The average Bonchev–Trinajstić information content (AvgIpc) is 2.96. The van der Waals surface area contributed by atoms with E-state index in [1.165, 1.54) is 37.3 Å². The van der Waals surface area contributed by atoms with Crippen LogP contribution in [-0.2, 0) is 23.9 Å². The van der Waals surface area contributed by atoms with Crippen molar-refractivity contribution in [3.05, 3.63) is 123 Å². The van der Waals surface area contributed by atoms with E-state index in [1.807, 2.05) is 30.3 Å². The number of carbonyl (C=O) groups excluding carboxylic acids is 3. The van der Waals surface area contributed by atoms with E-state index in [4.69, 9.17) is 26.8 Å². The summed E-state index contributed by atoms with van der Waals surface area (Å²) in [4.78, 5) is 42.4. The molecule has 5 rings (SSSR count). The van der Waals surface area contributed by atoms with Gasteiger partial charge in [-0.1, -0.05) is 66.2 Å². The zero-order valence-corrected chi connectivity index (χ0v) is 22.5. The third kappa shape index (κ3) is 4.54. The number of benzene rings is 3. The first-order valence-corrected chi connectivity index (χ1v) is 12.9. The standard InChI is InChI=1S/C31H26ClFN2O5/c1-39-30(37)25-20(17-9-4-3-5-10-17)16-23-26(28(25)36)24(18-11-8-12-19(32)15-18)27(31(38)40-2)29(34)35(23)22-14-7-6-13-21(22)33/h3-15,20,24-25H,16,34H2,1-2H3. The van der Waals surface area contributed by atoms with Crippen LogP contribution in [0.2, 0.25) is 5.02 Å². The minimum absolute atomic E-state index is 0.0505. The van der Waals surface area contributed by atoms with Crippen LogP contribution in [0.3, 0.4) is 0 Å². The van der Waals surface area contributed by atoms with Crippen LogP contribution in [0.25, 0.3) is 0 Å². The summed E-state index contributed by atoms with van der Waals surface area (Å²) in [6, 6.07) is 21.7. The van der Waals surface area contributed by atoms with Gasteiger partial charge < -0.3 is 15.2 Å². The Balaban J connectivity index is 1.85. The quantitative estimate of drug-likeness (QED) is 0.337. The summed E-state index contributed by atoms with van der Waals surface area (Å²) in [7, 11) is 2.42. The van der Waals surface area contributed by atoms with E-state index in [9.17, 15) is 14.4 Å². The Morgan fingerprint density at radius 1 is 0.950 bits per heavy atom. The van der Waals surface area contributed by atoms with Crippen molar-refractivity contribution in [3.8, 4) is 0 Å². The van der Waals surface area contributed by atoms with Gasteiger partial charge in [-0.25, -0.2) is 9.18 Å². The fourth-order valence-corrected chi connectivity index (χ4v) is 5.87. The molecule has 0 aromatic heterocycles. The molecule has 3 unspecified atom stereocenters. The van der Waals surface area contributed by atoms with E-state index in [2.05, 4.69) is 0 Å². The smallest absolute Gasteiger partial charge is 0.338 e. The minimum Gasteiger partial charge on any atom is -0.468 e. The number of ether oxygens (including phenoxy) is 2. The first-order valence-electron chi connectivity index (χ1n) is 12.6. The summed E-state index contributed by atoms with van der Waals surface area (Å²) in [6.45, 7) is 0. The lowest BCUT2D eigenvalue weighted by Crippen LogP contribution is -2.46. The van der Waals surface area contributed by atoms with Crippen molar-refractivity contribution in [1.82, 2.24) is 0 Å². The van der Waals surface area contributed by atoms with E-state index < -0.39 is 41.3 Å². The van der Waals surface area contributed by atoms with Crippen molar-refractivity contribution in [2.75, 3.05) is 19.1 Å². The molecule has 3 aromatic carbocycles. The van der Waals surface area contributed by atoms with Crippen molar-refractivity contribution < 1.29 is 28.2 Å². The molecule has 0 fully saturated rings. The summed E-state index contributed by atoms with van der Waals surface area (Å²) in [5, 5.41) is 0.369. The Hall–Kier alpha value is -4.43. The maximum Gasteiger partial charge on any atom is 0.338 e. The number of nitrogens with two attached hydrogens (primary N) is 1. The molecular weight excluding hydrogens is 535 g/mol. The molecular formula is C31H26ClFN2O5. The molecule has 3 aromatic rings. The Morgan fingerprint density at radius 2 is 1.62 bits per heavy atom. The zero-order valence-electron chi connectivity index (χ0n) is 21.8. The van der Waals surface area contributed by atoms with Gasteiger partial charge in [-0.3, -0.25) is 14.5 Å². The van der Waals surface area contributed by atoms with Crippen LogP contribution in [-0.4, -0.2) is 31.9 Å². The third-order valence-electron chi connectivity index (χ3n) is 7.40. The van der Waals surface area contributed by atoms with Crippen LogP contribution in [0, 0.1) is 11.7 Å². The molecule has 0 amide bonds. The molecule has 3 atom stereocenters. The van der Waals surface area contributed by atoms with Crippen molar-refractivity contribution in [2.24, 2.45) is 11.7 Å². The van der Waals surface area contributed by atoms with Crippen molar-refractivity contribution in [3.63, 3.8) is 0 Å². The van der Waals surface area contributed by atoms with E-state index in [-0.39, 0.29) is 29.1 Å². The molecule has 0 saturated heterocycles. The number of nitrogens with zero attached hydrogens (tertiary/aromatic N) is 1. The number of methoxy groups -OCH3 is 2. The van der Waals surface area contributed by atoms with Gasteiger partial charge in [0, 0.05) is 22.2 Å². The van der Waals surface area contributed by atoms with E-state index in [1.54, 1.807) is 30.3 Å². The highest BCUT2D eigenvalue weighted by molar-refractivity contribution is 6.30. The summed E-state index contributed by atoms with van der Waals surface area (Å²) >= 11 is 6.32.